The molecule has 1 amide bonds. The third-order valence-corrected chi connectivity index (χ3v) is 5.08. The lowest BCUT2D eigenvalue weighted by atomic mass is 10.0. The highest BCUT2D eigenvalue weighted by Crippen LogP contribution is 2.26. The first-order chi connectivity index (χ1) is 11.1. The summed E-state index contributed by atoms with van der Waals surface area (Å²) in [5.41, 5.74) is 0.580. The number of aryl methyl sites for hydroxylation is 1. The van der Waals surface area contributed by atoms with Gasteiger partial charge in [0.25, 0.3) is 5.56 Å². The van der Waals surface area contributed by atoms with Gasteiger partial charge >= 0.3 is 0 Å². The van der Waals surface area contributed by atoms with Crippen molar-refractivity contribution >= 4 is 29.1 Å². The van der Waals surface area contributed by atoms with Gasteiger partial charge in [0, 0.05) is 31.6 Å². The molecule has 3 heterocycles. The number of aromatic nitrogens is 2. The molecule has 1 N–H and O–H groups in total. The Bertz CT molecular complexity index is 823. The summed E-state index contributed by atoms with van der Waals surface area (Å²) in [5, 5.41) is 9.16. The van der Waals surface area contributed by atoms with Crippen molar-refractivity contribution in [3.63, 3.8) is 0 Å². The van der Waals surface area contributed by atoms with E-state index in [2.05, 4.69) is 10.4 Å². The van der Waals surface area contributed by atoms with E-state index in [9.17, 15) is 9.59 Å². The van der Waals surface area contributed by atoms with Gasteiger partial charge < -0.3 is 10.2 Å². The molecule has 2 aromatic rings. The average molecular weight is 349 g/mol. The lowest BCUT2D eigenvalue weighted by Crippen LogP contribution is -2.37. The van der Waals surface area contributed by atoms with Gasteiger partial charge in [0.05, 0.1) is 11.1 Å². The topological polar surface area (TPSA) is 67.2 Å². The van der Waals surface area contributed by atoms with Gasteiger partial charge in [-0.3, -0.25) is 9.59 Å². The number of carbonyl (C=O) groups excluding carboxylic acids is 1. The van der Waals surface area contributed by atoms with E-state index >= 15 is 0 Å². The summed E-state index contributed by atoms with van der Waals surface area (Å²) in [6, 6.07) is 7.41. The predicted octanol–water partition coefficient (Wildman–Crippen LogP) is 0.805. The van der Waals surface area contributed by atoms with Crippen molar-refractivity contribution in [3.8, 4) is 0 Å². The van der Waals surface area contributed by atoms with Crippen LogP contribution < -0.4 is 10.9 Å². The van der Waals surface area contributed by atoms with Crippen LogP contribution in [-0.4, -0.2) is 46.8 Å². The van der Waals surface area contributed by atoms with E-state index < -0.39 is 0 Å². The summed E-state index contributed by atoms with van der Waals surface area (Å²) < 4.78 is 1.31. The zero-order valence-corrected chi connectivity index (χ0v) is 14.4. The van der Waals surface area contributed by atoms with E-state index in [-0.39, 0.29) is 30.4 Å². The quantitative estimate of drug-likeness (QED) is 0.872. The van der Waals surface area contributed by atoms with Crippen LogP contribution in [0.25, 0.3) is 10.8 Å². The number of carbonyl (C=O) groups is 1. The Balaban J connectivity index is 0.00000169. The lowest BCUT2D eigenvalue weighted by Gasteiger charge is -2.18. The molecule has 0 bridgehead atoms. The van der Waals surface area contributed by atoms with Gasteiger partial charge in [-0.1, -0.05) is 18.2 Å². The number of likely N-dealkylation sites (tertiary alicyclic amines) is 1. The molecule has 6 nitrogen and oxygen atoms in total. The van der Waals surface area contributed by atoms with Gasteiger partial charge in [-0.2, -0.15) is 5.10 Å². The zero-order chi connectivity index (χ0) is 16.0. The molecule has 4 rings (SSSR count). The number of nitrogens with one attached hydrogen (secondary N) is 1. The standard InChI is InChI=1S/C17H20N4O2.ClH/c1-11-14-4-2-3-5-15(14)17(23)21(19-11)10-16(22)20-8-12-6-18-7-13(12)9-20;/h2-5,12-13,18H,6-10H2,1H3;1H/t12-,13+;. The summed E-state index contributed by atoms with van der Waals surface area (Å²) in [6.45, 7) is 5.45. The largest absolute Gasteiger partial charge is 0.340 e. The molecule has 0 spiro atoms. The summed E-state index contributed by atoms with van der Waals surface area (Å²) in [5.74, 6) is 1.10. The average Bonchev–Trinajstić information content (AvgIpc) is 3.14. The van der Waals surface area contributed by atoms with Gasteiger partial charge in [0.15, 0.2) is 0 Å². The SMILES string of the molecule is Cc1nn(CC(=O)N2C[C@H]3CNC[C@H]3C2)c(=O)c2ccccc12.Cl. The van der Waals surface area contributed by atoms with Crippen molar-refractivity contribution in [2.45, 2.75) is 13.5 Å². The maximum Gasteiger partial charge on any atom is 0.275 e. The van der Waals surface area contributed by atoms with Crippen LogP contribution in [0.1, 0.15) is 5.69 Å². The first kappa shape index (κ1) is 16.9. The normalized spacial score (nSPS) is 22.5. The molecule has 1 aromatic carbocycles. The summed E-state index contributed by atoms with van der Waals surface area (Å²) in [4.78, 5) is 27.0. The second-order valence-electron chi connectivity index (χ2n) is 6.57. The zero-order valence-electron chi connectivity index (χ0n) is 13.6. The number of nitrogens with zero attached hydrogens (tertiary/aromatic N) is 3. The number of amides is 1. The molecule has 0 saturated carbocycles. The molecule has 2 fully saturated rings. The number of fused-ring (bicyclic) bond motifs is 2. The predicted molar refractivity (Wildman–Crippen MR) is 94.4 cm³/mol. The van der Waals surface area contributed by atoms with E-state index in [1.165, 1.54) is 4.68 Å². The van der Waals surface area contributed by atoms with Crippen molar-refractivity contribution in [2.75, 3.05) is 26.2 Å². The van der Waals surface area contributed by atoms with E-state index in [0.29, 0.717) is 17.2 Å². The van der Waals surface area contributed by atoms with Gasteiger partial charge in [-0.05, 0) is 24.8 Å². The molecule has 7 heteroatoms. The second-order valence-corrected chi connectivity index (χ2v) is 6.57. The van der Waals surface area contributed by atoms with Gasteiger partial charge in [0.1, 0.15) is 6.54 Å². The van der Waals surface area contributed by atoms with E-state index in [0.717, 1.165) is 37.3 Å². The molecule has 2 aliphatic heterocycles. The smallest absolute Gasteiger partial charge is 0.275 e. The highest BCUT2D eigenvalue weighted by Gasteiger charge is 2.38. The van der Waals surface area contributed by atoms with Crippen LogP contribution in [0.15, 0.2) is 29.1 Å². The number of hydrogen-bond acceptors (Lipinski definition) is 4. The van der Waals surface area contributed by atoms with Crippen molar-refractivity contribution < 1.29 is 4.79 Å². The second kappa shape index (κ2) is 6.53. The molecule has 0 radical (unpaired) electrons. The minimum atomic E-state index is -0.194. The highest BCUT2D eigenvalue weighted by molar-refractivity contribution is 5.85. The van der Waals surface area contributed by atoms with E-state index in [4.69, 9.17) is 0 Å². The Morgan fingerprint density at radius 1 is 1.21 bits per heavy atom. The maximum atomic E-state index is 12.6. The Kier molecular flexibility index (Phi) is 4.60. The number of rotatable bonds is 2. The Labute approximate surface area is 146 Å². The molecule has 0 aliphatic carbocycles. The van der Waals surface area contributed by atoms with E-state index in [1.54, 1.807) is 6.07 Å². The number of halogens is 1. The number of benzene rings is 1. The van der Waals surface area contributed by atoms with E-state index in [1.807, 2.05) is 30.0 Å². The number of hydrogen-bond donors (Lipinski definition) is 1. The fourth-order valence-electron chi connectivity index (χ4n) is 3.80. The summed E-state index contributed by atoms with van der Waals surface area (Å²) in [6.07, 6.45) is 0. The molecular weight excluding hydrogens is 328 g/mol. The van der Waals surface area contributed by atoms with Crippen LogP contribution in [0.3, 0.4) is 0 Å². The molecule has 1 aromatic heterocycles. The van der Waals surface area contributed by atoms with Crippen molar-refractivity contribution in [1.29, 1.82) is 0 Å². The first-order valence-corrected chi connectivity index (χ1v) is 8.08. The van der Waals surface area contributed by atoms with Crippen LogP contribution in [0.4, 0.5) is 0 Å². The first-order valence-electron chi connectivity index (χ1n) is 8.08. The molecule has 2 aliphatic rings. The van der Waals surface area contributed by atoms with Crippen LogP contribution in [0, 0.1) is 18.8 Å². The summed E-state index contributed by atoms with van der Waals surface area (Å²) in [7, 11) is 0. The van der Waals surface area contributed by atoms with Crippen molar-refractivity contribution in [2.24, 2.45) is 11.8 Å². The molecule has 128 valence electrons. The highest BCUT2D eigenvalue weighted by atomic mass is 35.5. The molecule has 24 heavy (non-hydrogen) atoms. The van der Waals surface area contributed by atoms with Crippen LogP contribution in [0.5, 0.6) is 0 Å². The van der Waals surface area contributed by atoms with Gasteiger partial charge in [0.2, 0.25) is 5.91 Å². The fourth-order valence-corrected chi connectivity index (χ4v) is 3.80. The monoisotopic (exact) mass is 348 g/mol. The third-order valence-electron chi connectivity index (χ3n) is 5.08. The van der Waals surface area contributed by atoms with Crippen LogP contribution >= 0.6 is 12.4 Å². The van der Waals surface area contributed by atoms with Gasteiger partial charge in [-0.15, -0.1) is 12.4 Å². The van der Waals surface area contributed by atoms with Crippen LogP contribution in [-0.2, 0) is 11.3 Å². The van der Waals surface area contributed by atoms with Crippen LogP contribution in [0.2, 0.25) is 0 Å². The lowest BCUT2D eigenvalue weighted by molar-refractivity contribution is -0.131. The molecular formula is C17H21ClN4O2. The maximum absolute atomic E-state index is 12.6. The van der Waals surface area contributed by atoms with Gasteiger partial charge in [-0.25, -0.2) is 4.68 Å². The molecule has 2 atom stereocenters. The summed E-state index contributed by atoms with van der Waals surface area (Å²) >= 11 is 0. The van der Waals surface area contributed by atoms with Crippen molar-refractivity contribution in [1.82, 2.24) is 20.0 Å². The minimum Gasteiger partial charge on any atom is -0.340 e. The minimum absolute atomic E-state index is 0. The third kappa shape index (κ3) is 2.80. The Hall–Kier alpha value is -1.92. The molecule has 0 unspecified atom stereocenters. The molecule has 2 saturated heterocycles. The Morgan fingerprint density at radius 2 is 1.83 bits per heavy atom. The Morgan fingerprint density at radius 3 is 2.50 bits per heavy atom. The fraction of sp³-hybridized carbons (Fsp3) is 0.471. The van der Waals surface area contributed by atoms with Crippen molar-refractivity contribution in [3.05, 3.63) is 40.3 Å².